The summed E-state index contributed by atoms with van der Waals surface area (Å²) in [6.07, 6.45) is 2.16. The minimum Gasteiger partial charge on any atom is -0.493 e. The standard InChI is InChI=1S/C20H18N2O3/c1-20(10-11-25-17-9-5-4-8-16(17)20)22-19(24)15-12-21-18(23)14-7-3-2-6-13(14)15/h2-9,12H,10-11H2,1H3,(H,21,23)(H,22,24). The van der Waals surface area contributed by atoms with Crippen LogP contribution in [0.5, 0.6) is 5.75 Å². The van der Waals surface area contributed by atoms with Crippen LogP contribution in [0.25, 0.3) is 10.8 Å². The molecule has 1 aromatic heterocycles. The second-order valence-corrected chi connectivity index (χ2v) is 6.46. The second kappa shape index (κ2) is 5.77. The molecule has 1 atom stereocenters. The first-order valence-corrected chi connectivity index (χ1v) is 8.24. The predicted octanol–water partition coefficient (Wildman–Crippen LogP) is 2.96. The summed E-state index contributed by atoms with van der Waals surface area (Å²) in [5, 5.41) is 4.29. The SMILES string of the molecule is CC1(NC(=O)c2c[nH]c(=O)c3ccccc23)CCOc2ccccc21. The topological polar surface area (TPSA) is 71.2 Å². The molecular formula is C20H18N2O3. The lowest BCUT2D eigenvalue weighted by molar-refractivity contribution is 0.0874. The quantitative estimate of drug-likeness (QED) is 0.757. The molecule has 0 saturated heterocycles. The van der Waals surface area contributed by atoms with Crippen molar-refractivity contribution >= 4 is 16.7 Å². The number of aromatic nitrogens is 1. The molecule has 2 heterocycles. The third-order valence-corrected chi connectivity index (χ3v) is 4.78. The zero-order chi connectivity index (χ0) is 17.4. The monoisotopic (exact) mass is 334 g/mol. The molecule has 1 amide bonds. The molecule has 5 heteroatoms. The number of carbonyl (C=O) groups is 1. The number of rotatable bonds is 2. The summed E-state index contributed by atoms with van der Waals surface area (Å²) in [6.45, 7) is 2.54. The normalized spacial score (nSPS) is 19.1. The van der Waals surface area contributed by atoms with Gasteiger partial charge < -0.3 is 15.0 Å². The Morgan fingerprint density at radius 2 is 1.84 bits per heavy atom. The van der Waals surface area contributed by atoms with Crippen LogP contribution >= 0.6 is 0 Å². The van der Waals surface area contributed by atoms with E-state index in [1.54, 1.807) is 18.2 Å². The summed E-state index contributed by atoms with van der Waals surface area (Å²) in [7, 11) is 0. The zero-order valence-corrected chi connectivity index (χ0v) is 13.8. The third kappa shape index (κ3) is 2.58. The van der Waals surface area contributed by atoms with E-state index in [0.717, 1.165) is 11.3 Å². The van der Waals surface area contributed by atoms with Crippen LogP contribution in [0.3, 0.4) is 0 Å². The summed E-state index contributed by atoms with van der Waals surface area (Å²) >= 11 is 0. The van der Waals surface area contributed by atoms with E-state index in [0.29, 0.717) is 29.4 Å². The fraction of sp³-hybridized carbons (Fsp3) is 0.200. The number of nitrogens with one attached hydrogen (secondary N) is 2. The fourth-order valence-corrected chi connectivity index (χ4v) is 3.39. The predicted molar refractivity (Wildman–Crippen MR) is 95.9 cm³/mol. The first-order chi connectivity index (χ1) is 12.1. The van der Waals surface area contributed by atoms with Crippen LogP contribution in [0.4, 0.5) is 0 Å². The van der Waals surface area contributed by atoms with E-state index in [1.807, 2.05) is 37.3 Å². The molecule has 0 radical (unpaired) electrons. The Labute approximate surface area is 144 Å². The zero-order valence-electron chi connectivity index (χ0n) is 13.8. The minimum absolute atomic E-state index is 0.199. The van der Waals surface area contributed by atoms with Crippen LogP contribution in [0.1, 0.15) is 29.3 Å². The van der Waals surface area contributed by atoms with Crippen molar-refractivity contribution in [1.82, 2.24) is 10.3 Å². The molecule has 4 rings (SSSR count). The largest absolute Gasteiger partial charge is 0.493 e. The van der Waals surface area contributed by atoms with Gasteiger partial charge in [-0.25, -0.2) is 0 Å². The van der Waals surface area contributed by atoms with Gasteiger partial charge in [0.25, 0.3) is 11.5 Å². The molecule has 3 aromatic rings. The molecule has 0 spiro atoms. The third-order valence-electron chi connectivity index (χ3n) is 4.78. The first kappa shape index (κ1) is 15.4. The fourth-order valence-electron chi connectivity index (χ4n) is 3.39. The highest BCUT2D eigenvalue weighted by atomic mass is 16.5. The number of hydrogen-bond donors (Lipinski definition) is 2. The van der Waals surface area contributed by atoms with E-state index in [9.17, 15) is 9.59 Å². The maximum Gasteiger partial charge on any atom is 0.255 e. The molecule has 0 aliphatic carbocycles. The Morgan fingerprint density at radius 3 is 2.68 bits per heavy atom. The number of pyridine rings is 1. The number of ether oxygens (including phenoxy) is 1. The van der Waals surface area contributed by atoms with Crippen molar-refractivity contribution in [2.24, 2.45) is 0 Å². The van der Waals surface area contributed by atoms with Crippen LogP contribution in [0, 0.1) is 0 Å². The van der Waals surface area contributed by atoms with Gasteiger partial charge >= 0.3 is 0 Å². The van der Waals surface area contributed by atoms with Gasteiger partial charge in [-0.1, -0.05) is 36.4 Å². The van der Waals surface area contributed by atoms with Crippen LogP contribution in [0.15, 0.2) is 59.5 Å². The number of H-pyrrole nitrogens is 1. The average molecular weight is 334 g/mol. The van der Waals surface area contributed by atoms with E-state index in [2.05, 4.69) is 10.3 Å². The molecule has 1 aliphatic rings. The molecule has 0 fully saturated rings. The van der Waals surface area contributed by atoms with Gasteiger partial charge in [-0.3, -0.25) is 9.59 Å². The van der Waals surface area contributed by atoms with Gasteiger partial charge in [-0.05, 0) is 19.1 Å². The lowest BCUT2D eigenvalue weighted by atomic mass is 9.86. The Bertz CT molecular complexity index is 1020. The van der Waals surface area contributed by atoms with Crippen molar-refractivity contribution in [3.63, 3.8) is 0 Å². The number of fused-ring (bicyclic) bond motifs is 2. The maximum atomic E-state index is 13.0. The molecule has 1 aliphatic heterocycles. The second-order valence-electron chi connectivity index (χ2n) is 6.46. The minimum atomic E-state index is -0.525. The molecule has 2 N–H and O–H groups in total. The number of aromatic amines is 1. The van der Waals surface area contributed by atoms with Crippen molar-refractivity contribution in [1.29, 1.82) is 0 Å². The van der Waals surface area contributed by atoms with Crippen molar-refractivity contribution in [3.8, 4) is 5.75 Å². The molecular weight excluding hydrogens is 316 g/mol. The molecule has 0 saturated carbocycles. The molecule has 2 aromatic carbocycles. The lowest BCUT2D eigenvalue weighted by Gasteiger charge is -2.36. The molecule has 0 bridgehead atoms. The Hall–Kier alpha value is -3.08. The van der Waals surface area contributed by atoms with Gasteiger partial charge in [0.1, 0.15) is 5.75 Å². The number of hydrogen-bond acceptors (Lipinski definition) is 3. The number of carbonyl (C=O) groups excluding carboxylic acids is 1. The number of benzene rings is 2. The molecule has 5 nitrogen and oxygen atoms in total. The van der Waals surface area contributed by atoms with Crippen molar-refractivity contribution in [2.75, 3.05) is 6.61 Å². The Kier molecular flexibility index (Phi) is 3.57. The summed E-state index contributed by atoms with van der Waals surface area (Å²) in [6, 6.07) is 14.9. The van der Waals surface area contributed by atoms with Gasteiger partial charge in [0, 0.05) is 29.0 Å². The van der Waals surface area contributed by atoms with Crippen LogP contribution < -0.4 is 15.6 Å². The van der Waals surface area contributed by atoms with Crippen LogP contribution in [-0.4, -0.2) is 17.5 Å². The van der Waals surface area contributed by atoms with E-state index in [4.69, 9.17) is 4.74 Å². The summed E-state index contributed by atoms with van der Waals surface area (Å²) in [4.78, 5) is 27.6. The molecule has 25 heavy (non-hydrogen) atoms. The summed E-state index contributed by atoms with van der Waals surface area (Å²) in [5.74, 6) is 0.578. The van der Waals surface area contributed by atoms with E-state index in [1.165, 1.54) is 6.20 Å². The highest BCUT2D eigenvalue weighted by Crippen LogP contribution is 2.36. The number of para-hydroxylation sites is 1. The molecule has 1 unspecified atom stereocenters. The summed E-state index contributed by atoms with van der Waals surface area (Å²) in [5.41, 5.74) is 0.696. The van der Waals surface area contributed by atoms with Crippen LogP contribution in [-0.2, 0) is 5.54 Å². The number of amides is 1. The van der Waals surface area contributed by atoms with E-state index in [-0.39, 0.29) is 11.5 Å². The van der Waals surface area contributed by atoms with Crippen LogP contribution in [0.2, 0.25) is 0 Å². The van der Waals surface area contributed by atoms with E-state index >= 15 is 0 Å². The van der Waals surface area contributed by atoms with Gasteiger partial charge in [-0.2, -0.15) is 0 Å². The van der Waals surface area contributed by atoms with Crippen molar-refractivity contribution in [2.45, 2.75) is 18.9 Å². The highest BCUT2D eigenvalue weighted by Gasteiger charge is 2.35. The van der Waals surface area contributed by atoms with Crippen molar-refractivity contribution in [3.05, 3.63) is 76.2 Å². The lowest BCUT2D eigenvalue weighted by Crippen LogP contribution is -2.46. The van der Waals surface area contributed by atoms with Crippen molar-refractivity contribution < 1.29 is 9.53 Å². The summed E-state index contributed by atoms with van der Waals surface area (Å²) < 4.78 is 5.69. The van der Waals surface area contributed by atoms with Gasteiger partial charge in [0.2, 0.25) is 0 Å². The van der Waals surface area contributed by atoms with Gasteiger partial charge in [0.15, 0.2) is 0 Å². The smallest absolute Gasteiger partial charge is 0.255 e. The van der Waals surface area contributed by atoms with E-state index < -0.39 is 5.54 Å². The Balaban J connectivity index is 1.75. The molecule has 126 valence electrons. The van der Waals surface area contributed by atoms with Gasteiger partial charge in [-0.15, -0.1) is 0 Å². The highest BCUT2D eigenvalue weighted by molar-refractivity contribution is 6.06. The maximum absolute atomic E-state index is 13.0. The first-order valence-electron chi connectivity index (χ1n) is 8.24. The average Bonchev–Trinajstić information content (AvgIpc) is 2.62. The van der Waals surface area contributed by atoms with Gasteiger partial charge in [0.05, 0.1) is 17.7 Å². The Morgan fingerprint density at radius 1 is 1.12 bits per heavy atom.